The van der Waals surface area contributed by atoms with E-state index in [4.69, 9.17) is 4.74 Å². The molecule has 0 bridgehead atoms. The van der Waals surface area contributed by atoms with Crippen molar-refractivity contribution in [3.05, 3.63) is 32.9 Å². The number of ether oxygens (including phenoxy) is 1. The van der Waals surface area contributed by atoms with Gasteiger partial charge in [-0.3, -0.25) is 0 Å². The van der Waals surface area contributed by atoms with Crippen molar-refractivity contribution >= 4 is 42.0 Å². The Balaban J connectivity index is 2.38. The van der Waals surface area contributed by atoms with Gasteiger partial charge in [0.2, 0.25) is 0 Å². The van der Waals surface area contributed by atoms with Gasteiger partial charge in [-0.2, -0.15) is 0 Å². The second-order valence-electron chi connectivity index (χ2n) is 3.87. The van der Waals surface area contributed by atoms with Gasteiger partial charge in [-0.05, 0) is 0 Å². The average Bonchev–Trinajstić information content (AvgIpc) is 2.28. The van der Waals surface area contributed by atoms with Crippen molar-refractivity contribution in [2.75, 3.05) is 6.61 Å². The molecule has 0 amide bonds. The first-order chi connectivity index (χ1) is 7.72. The molecule has 0 saturated heterocycles. The fourth-order valence-electron chi connectivity index (χ4n) is 1.66. The quantitative estimate of drug-likeness (QED) is 0.557. The van der Waals surface area contributed by atoms with Crippen molar-refractivity contribution in [3.8, 4) is 5.75 Å². The SMILES string of the molecule is CCC[Se]C1=C(I)COc2ccc(C)cc21. The predicted molar refractivity (Wildman–Crippen MR) is 78.5 cm³/mol. The monoisotopic (exact) mass is 394 g/mol. The molecular weight excluding hydrogens is 378 g/mol. The molecule has 86 valence electrons. The average molecular weight is 393 g/mol. The maximum absolute atomic E-state index is 5.75. The van der Waals surface area contributed by atoms with E-state index in [2.05, 4.69) is 54.6 Å². The number of rotatable bonds is 3. The molecule has 0 spiro atoms. The molecule has 0 unspecified atom stereocenters. The summed E-state index contributed by atoms with van der Waals surface area (Å²) >= 11 is 3.03. The summed E-state index contributed by atoms with van der Waals surface area (Å²) in [4.78, 5) is 0. The van der Waals surface area contributed by atoms with E-state index < -0.39 is 0 Å². The van der Waals surface area contributed by atoms with Crippen LogP contribution in [0.5, 0.6) is 5.75 Å². The summed E-state index contributed by atoms with van der Waals surface area (Å²) in [7, 11) is 0. The first-order valence-corrected chi connectivity index (χ1v) is 8.62. The van der Waals surface area contributed by atoms with E-state index in [-0.39, 0.29) is 0 Å². The van der Waals surface area contributed by atoms with Crippen LogP contribution in [0.15, 0.2) is 21.8 Å². The van der Waals surface area contributed by atoms with E-state index in [1.165, 1.54) is 26.4 Å². The van der Waals surface area contributed by atoms with Crippen LogP contribution in [-0.4, -0.2) is 21.6 Å². The van der Waals surface area contributed by atoms with E-state index in [1.54, 1.807) is 4.47 Å². The zero-order valence-corrected chi connectivity index (χ0v) is 13.4. The maximum atomic E-state index is 5.75. The molecule has 1 nitrogen and oxygen atoms in total. The van der Waals surface area contributed by atoms with Gasteiger partial charge in [0.25, 0.3) is 0 Å². The van der Waals surface area contributed by atoms with Gasteiger partial charge in [-0.1, -0.05) is 0 Å². The molecule has 0 saturated carbocycles. The summed E-state index contributed by atoms with van der Waals surface area (Å²) in [6, 6.07) is 6.50. The molecule has 1 aromatic carbocycles. The van der Waals surface area contributed by atoms with Gasteiger partial charge in [-0.25, -0.2) is 0 Å². The minimum absolute atomic E-state index is 0.595. The van der Waals surface area contributed by atoms with E-state index in [1.807, 2.05) is 0 Å². The van der Waals surface area contributed by atoms with Crippen LogP contribution in [0.3, 0.4) is 0 Å². The third-order valence-electron chi connectivity index (χ3n) is 2.43. The summed E-state index contributed by atoms with van der Waals surface area (Å²) in [6.45, 7) is 5.16. The zero-order chi connectivity index (χ0) is 11.5. The van der Waals surface area contributed by atoms with Crippen LogP contribution in [-0.2, 0) is 0 Å². The predicted octanol–water partition coefficient (Wildman–Crippen LogP) is 4.02. The standard InChI is InChI=1S/C13H15IOSe/c1-3-6-16-13-10-7-9(2)4-5-12(10)15-8-11(13)14/h4-5,7H,3,6,8H2,1-2H3. The van der Waals surface area contributed by atoms with E-state index in [0.717, 1.165) is 12.4 Å². The van der Waals surface area contributed by atoms with Crippen LogP contribution in [0, 0.1) is 6.92 Å². The summed E-state index contributed by atoms with van der Waals surface area (Å²) in [5, 5.41) is 1.32. The Kier molecular flexibility index (Phi) is 4.34. The van der Waals surface area contributed by atoms with Gasteiger partial charge < -0.3 is 0 Å². The number of halogens is 1. The molecule has 0 aromatic heterocycles. The Morgan fingerprint density at radius 1 is 1.44 bits per heavy atom. The number of hydrogen-bond donors (Lipinski definition) is 0. The van der Waals surface area contributed by atoms with Crippen molar-refractivity contribution in [2.45, 2.75) is 25.6 Å². The molecule has 2 rings (SSSR count). The summed E-state index contributed by atoms with van der Waals surface area (Å²) < 4.78 is 8.69. The number of fused-ring (bicyclic) bond motifs is 1. The number of hydrogen-bond acceptors (Lipinski definition) is 1. The number of aryl methyl sites for hydroxylation is 1. The molecule has 0 radical (unpaired) electrons. The molecule has 1 aromatic rings. The molecule has 0 atom stereocenters. The van der Waals surface area contributed by atoms with E-state index in [0.29, 0.717) is 15.0 Å². The Bertz CT molecular complexity index is 426. The fourth-order valence-corrected chi connectivity index (χ4v) is 4.89. The topological polar surface area (TPSA) is 9.23 Å². The van der Waals surface area contributed by atoms with Crippen molar-refractivity contribution in [1.29, 1.82) is 0 Å². The minimum atomic E-state index is 0.595. The van der Waals surface area contributed by atoms with Crippen molar-refractivity contribution < 1.29 is 4.74 Å². The Morgan fingerprint density at radius 2 is 2.25 bits per heavy atom. The van der Waals surface area contributed by atoms with Crippen molar-refractivity contribution in [3.63, 3.8) is 0 Å². The Hall–Kier alpha value is 0.00948. The Labute approximate surface area is 117 Å². The third kappa shape index (κ3) is 2.63. The van der Waals surface area contributed by atoms with Crippen molar-refractivity contribution in [2.24, 2.45) is 0 Å². The number of benzene rings is 1. The zero-order valence-electron chi connectivity index (χ0n) is 9.55. The summed E-state index contributed by atoms with van der Waals surface area (Å²) in [5.74, 6) is 1.07. The molecule has 3 heteroatoms. The normalized spacial score (nSPS) is 14.7. The molecule has 16 heavy (non-hydrogen) atoms. The Morgan fingerprint density at radius 3 is 3.00 bits per heavy atom. The van der Waals surface area contributed by atoms with Gasteiger partial charge >= 0.3 is 118 Å². The summed E-state index contributed by atoms with van der Waals surface area (Å²) in [6.07, 6.45) is 1.27. The van der Waals surface area contributed by atoms with Crippen LogP contribution in [0.4, 0.5) is 0 Å². The summed E-state index contributed by atoms with van der Waals surface area (Å²) in [5.41, 5.74) is 2.65. The first-order valence-electron chi connectivity index (χ1n) is 5.47. The van der Waals surface area contributed by atoms with Gasteiger partial charge in [0, 0.05) is 0 Å². The molecule has 1 aliphatic rings. The molecule has 1 aliphatic heterocycles. The first kappa shape index (κ1) is 12.5. The van der Waals surface area contributed by atoms with Gasteiger partial charge in [0.05, 0.1) is 0 Å². The van der Waals surface area contributed by atoms with Crippen LogP contribution >= 0.6 is 22.6 Å². The van der Waals surface area contributed by atoms with Crippen LogP contribution < -0.4 is 4.74 Å². The van der Waals surface area contributed by atoms with Crippen LogP contribution in [0.25, 0.3) is 4.47 Å². The van der Waals surface area contributed by atoms with Crippen LogP contribution in [0.2, 0.25) is 5.32 Å². The fraction of sp³-hybridized carbons (Fsp3) is 0.385. The third-order valence-corrected chi connectivity index (χ3v) is 6.97. The second-order valence-corrected chi connectivity index (χ2v) is 7.49. The van der Waals surface area contributed by atoms with Crippen LogP contribution in [0.1, 0.15) is 24.5 Å². The molecule has 0 fully saturated rings. The molecular formula is C13H15IOSe. The molecule has 0 N–H and O–H groups in total. The van der Waals surface area contributed by atoms with Gasteiger partial charge in [-0.15, -0.1) is 0 Å². The molecule has 0 aliphatic carbocycles. The van der Waals surface area contributed by atoms with E-state index >= 15 is 0 Å². The van der Waals surface area contributed by atoms with Gasteiger partial charge in [0.1, 0.15) is 0 Å². The van der Waals surface area contributed by atoms with Crippen molar-refractivity contribution in [1.82, 2.24) is 0 Å². The molecule has 1 heterocycles. The van der Waals surface area contributed by atoms with E-state index in [9.17, 15) is 0 Å². The second kappa shape index (κ2) is 5.56. The van der Waals surface area contributed by atoms with Gasteiger partial charge in [0.15, 0.2) is 0 Å².